The van der Waals surface area contributed by atoms with Gasteiger partial charge in [-0.3, -0.25) is 9.69 Å². The molecule has 1 N–H and O–H groups in total. The zero-order chi connectivity index (χ0) is 25.0. The fourth-order valence-corrected chi connectivity index (χ4v) is 5.91. The maximum Gasteiger partial charge on any atom is 0.408 e. The summed E-state index contributed by atoms with van der Waals surface area (Å²) in [7, 11) is 1.73. The summed E-state index contributed by atoms with van der Waals surface area (Å²) < 4.78 is 5.67. The van der Waals surface area contributed by atoms with Crippen molar-refractivity contribution in [3.8, 4) is 28.3 Å². The molecule has 8 heteroatoms. The zero-order valence-electron chi connectivity index (χ0n) is 20.4. The topological polar surface area (TPSA) is 83.0 Å². The van der Waals surface area contributed by atoms with Gasteiger partial charge in [0.2, 0.25) is 5.88 Å². The molecule has 2 amide bonds. The van der Waals surface area contributed by atoms with E-state index < -0.39 is 17.2 Å². The average Bonchev–Trinajstić information content (AvgIpc) is 3.32. The number of carbonyl (C=O) groups is 2. The molecule has 5 rings (SSSR count). The number of benzene rings is 1. The molecule has 1 aromatic carbocycles. The number of ether oxygens (including phenoxy) is 1. The van der Waals surface area contributed by atoms with Crippen LogP contribution in [0.4, 0.5) is 10.5 Å². The number of hydrogen-bond donors (Lipinski definition) is 1. The van der Waals surface area contributed by atoms with E-state index in [1.807, 2.05) is 62.5 Å². The van der Waals surface area contributed by atoms with Crippen LogP contribution in [0.15, 0.2) is 47.2 Å². The molecule has 7 nitrogen and oxygen atoms in total. The molecule has 0 spiro atoms. The summed E-state index contributed by atoms with van der Waals surface area (Å²) >= 11 is 1.60. The summed E-state index contributed by atoms with van der Waals surface area (Å²) in [6.45, 7) is 5.80. The molecule has 182 valence electrons. The van der Waals surface area contributed by atoms with Gasteiger partial charge in [0.05, 0.1) is 11.2 Å². The van der Waals surface area contributed by atoms with Gasteiger partial charge < -0.3 is 14.7 Å². The number of nitrogens with zero attached hydrogens (tertiary/aromatic N) is 3. The van der Waals surface area contributed by atoms with Gasteiger partial charge in [-0.15, -0.1) is 0 Å². The van der Waals surface area contributed by atoms with Gasteiger partial charge in [-0.05, 0) is 74.1 Å². The van der Waals surface area contributed by atoms with E-state index in [0.29, 0.717) is 11.6 Å². The van der Waals surface area contributed by atoms with Gasteiger partial charge in [0.1, 0.15) is 5.69 Å². The van der Waals surface area contributed by atoms with E-state index in [9.17, 15) is 14.7 Å². The van der Waals surface area contributed by atoms with E-state index in [0.717, 1.165) is 47.2 Å². The number of likely N-dealkylation sites (N-methyl/N-ethyl adjacent to an activating group) is 1. The van der Waals surface area contributed by atoms with Crippen molar-refractivity contribution >= 4 is 29.0 Å². The standard InChI is InChI=1S/C27H29N3O4S/c1-26(2,3)30(25(32)33)27(11-5-12-27)19-8-6-17(7-9-19)23-20(18-10-13-35-16-18)14-21-24(28-23)34-15-22(31)29(21)4/h6-10,13-14,16H,5,11-12,15H2,1-4H3,(H,32,33). The maximum atomic E-state index is 12.3. The van der Waals surface area contributed by atoms with Crippen molar-refractivity contribution in [2.45, 2.75) is 51.1 Å². The number of fused-ring (bicyclic) bond motifs is 1. The van der Waals surface area contributed by atoms with Crippen molar-refractivity contribution in [1.29, 1.82) is 0 Å². The number of pyridine rings is 1. The molecule has 0 unspecified atom stereocenters. The number of carboxylic acid groups (broad SMARTS) is 1. The molecule has 2 aromatic heterocycles. The number of amides is 2. The van der Waals surface area contributed by atoms with Crippen molar-refractivity contribution in [2.24, 2.45) is 0 Å². The first-order chi connectivity index (χ1) is 16.6. The lowest BCUT2D eigenvalue weighted by atomic mass is 9.69. The third-order valence-electron chi connectivity index (χ3n) is 7.04. The maximum absolute atomic E-state index is 12.3. The van der Waals surface area contributed by atoms with Crippen LogP contribution in [0.3, 0.4) is 0 Å². The summed E-state index contributed by atoms with van der Waals surface area (Å²) in [5, 5.41) is 14.1. The lowest BCUT2D eigenvalue weighted by Gasteiger charge is -2.54. The SMILES string of the molecule is CN1C(=O)COc2nc(-c3ccc(C4(N(C(=O)O)C(C)(C)C)CCC4)cc3)c(-c3ccsc3)cc21. The Balaban J connectivity index is 1.59. The highest BCUT2D eigenvalue weighted by molar-refractivity contribution is 7.08. The Kier molecular flexibility index (Phi) is 5.59. The first-order valence-corrected chi connectivity index (χ1v) is 12.7. The second-order valence-corrected chi connectivity index (χ2v) is 11.0. The third-order valence-corrected chi connectivity index (χ3v) is 7.72. The number of thiophene rings is 1. The third kappa shape index (κ3) is 3.86. The van der Waals surface area contributed by atoms with Gasteiger partial charge in [-0.25, -0.2) is 9.78 Å². The molecule has 3 heterocycles. The minimum Gasteiger partial charge on any atom is -0.466 e. The van der Waals surface area contributed by atoms with Gasteiger partial charge in [-0.2, -0.15) is 11.3 Å². The number of hydrogen-bond acceptors (Lipinski definition) is 5. The van der Waals surface area contributed by atoms with Gasteiger partial charge in [0.25, 0.3) is 5.91 Å². The van der Waals surface area contributed by atoms with E-state index in [1.165, 1.54) is 0 Å². The van der Waals surface area contributed by atoms with Crippen molar-refractivity contribution < 1.29 is 19.4 Å². The van der Waals surface area contributed by atoms with Crippen LogP contribution in [0.2, 0.25) is 0 Å². The number of carbonyl (C=O) groups excluding carboxylic acids is 1. The van der Waals surface area contributed by atoms with Crippen LogP contribution >= 0.6 is 11.3 Å². The van der Waals surface area contributed by atoms with Crippen molar-refractivity contribution in [1.82, 2.24) is 9.88 Å². The largest absolute Gasteiger partial charge is 0.466 e. The summed E-state index contributed by atoms with van der Waals surface area (Å²) in [5.74, 6) is 0.325. The van der Waals surface area contributed by atoms with Crippen molar-refractivity contribution in [3.05, 3.63) is 52.7 Å². The highest BCUT2D eigenvalue weighted by atomic mass is 32.1. The van der Waals surface area contributed by atoms with Crippen molar-refractivity contribution in [3.63, 3.8) is 0 Å². The van der Waals surface area contributed by atoms with Crippen LogP contribution in [0, 0.1) is 0 Å². The Bertz CT molecular complexity index is 1280. The smallest absolute Gasteiger partial charge is 0.408 e. The van der Waals surface area contributed by atoms with E-state index in [2.05, 4.69) is 5.38 Å². The highest BCUT2D eigenvalue weighted by Gasteiger charge is 2.50. The summed E-state index contributed by atoms with van der Waals surface area (Å²) in [4.78, 5) is 32.5. The fraction of sp³-hybridized carbons (Fsp3) is 0.370. The monoisotopic (exact) mass is 491 g/mol. The molecule has 1 aliphatic heterocycles. The number of rotatable bonds is 4. The first kappa shape index (κ1) is 23.4. The van der Waals surface area contributed by atoms with E-state index in [1.54, 1.807) is 28.2 Å². The Labute approximate surface area is 209 Å². The summed E-state index contributed by atoms with van der Waals surface area (Å²) in [5.41, 5.74) is 4.24. The Hall–Kier alpha value is -3.39. The summed E-state index contributed by atoms with van der Waals surface area (Å²) in [6, 6.07) is 12.1. The minimum atomic E-state index is -0.895. The minimum absolute atomic E-state index is 0.0347. The van der Waals surface area contributed by atoms with Crippen LogP contribution in [-0.2, 0) is 10.3 Å². The molecule has 3 aromatic rings. The zero-order valence-corrected chi connectivity index (χ0v) is 21.2. The Morgan fingerprint density at radius 3 is 2.43 bits per heavy atom. The molecule has 0 atom stereocenters. The first-order valence-electron chi connectivity index (χ1n) is 11.7. The van der Waals surface area contributed by atoms with E-state index in [4.69, 9.17) is 9.72 Å². The quantitative estimate of drug-likeness (QED) is 0.485. The van der Waals surface area contributed by atoms with Crippen LogP contribution < -0.4 is 9.64 Å². The van der Waals surface area contributed by atoms with Gasteiger partial charge in [0, 0.05) is 23.7 Å². The molecular weight excluding hydrogens is 462 g/mol. The molecule has 1 fully saturated rings. The fourth-order valence-electron chi connectivity index (χ4n) is 5.25. The lowest BCUT2D eigenvalue weighted by Crippen LogP contribution is -2.60. The molecule has 0 radical (unpaired) electrons. The van der Waals surface area contributed by atoms with Gasteiger partial charge >= 0.3 is 6.09 Å². The van der Waals surface area contributed by atoms with Crippen LogP contribution in [0.25, 0.3) is 22.4 Å². The van der Waals surface area contributed by atoms with Crippen molar-refractivity contribution in [2.75, 3.05) is 18.6 Å². The highest BCUT2D eigenvalue weighted by Crippen LogP contribution is 2.50. The normalized spacial score (nSPS) is 16.8. The summed E-state index contributed by atoms with van der Waals surface area (Å²) in [6.07, 6.45) is 1.72. The molecule has 2 aliphatic rings. The average molecular weight is 492 g/mol. The predicted octanol–water partition coefficient (Wildman–Crippen LogP) is 5.99. The predicted molar refractivity (Wildman–Crippen MR) is 137 cm³/mol. The molecule has 0 saturated heterocycles. The lowest BCUT2D eigenvalue weighted by molar-refractivity contribution is -0.121. The molecule has 1 aliphatic carbocycles. The van der Waals surface area contributed by atoms with Crippen LogP contribution in [-0.4, -0.2) is 46.2 Å². The number of anilines is 1. The molecule has 35 heavy (non-hydrogen) atoms. The van der Waals surface area contributed by atoms with Crippen LogP contribution in [0.1, 0.15) is 45.6 Å². The molecule has 0 bridgehead atoms. The van der Waals surface area contributed by atoms with E-state index in [-0.39, 0.29) is 12.5 Å². The number of aromatic nitrogens is 1. The molecular formula is C27H29N3O4S. The Morgan fingerprint density at radius 2 is 1.89 bits per heavy atom. The van der Waals surface area contributed by atoms with E-state index >= 15 is 0 Å². The molecule has 1 saturated carbocycles. The van der Waals surface area contributed by atoms with Crippen LogP contribution in [0.5, 0.6) is 5.88 Å². The van der Waals surface area contributed by atoms with Gasteiger partial charge in [-0.1, -0.05) is 24.3 Å². The second-order valence-electron chi connectivity index (χ2n) is 10.2. The van der Waals surface area contributed by atoms with Gasteiger partial charge in [0.15, 0.2) is 6.61 Å². The Morgan fingerprint density at radius 1 is 1.17 bits per heavy atom. The second kappa shape index (κ2) is 8.37.